The molecular formula is C21H16N4O4S. The third-order valence-electron chi connectivity index (χ3n) is 4.55. The summed E-state index contributed by atoms with van der Waals surface area (Å²) in [4.78, 5) is 31.6. The Balaban J connectivity index is 1.72. The predicted octanol–water partition coefficient (Wildman–Crippen LogP) is 2.49. The molecule has 9 heteroatoms. The third-order valence-corrected chi connectivity index (χ3v) is 5.46. The zero-order valence-corrected chi connectivity index (χ0v) is 16.3. The lowest BCUT2D eigenvalue weighted by molar-refractivity contribution is 0.102. The number of aromatic amines is 1. The summed E-state index contributed by atoms with van der Waals surface area (Å²) in [5, 5.41) is 9.50. The molecule has 0 atom stereocenters. The molecule has 0 unspecified atom stereocenters. The first-order valence-corrected chi connectivity index (χ1v) is 10.4. The number of anilines is 1. The van der Waals surface area contributed by atoms with Gasteiger partial charge in [-0.15, -0.1) is 0 Å². The number of pyridine rings is 2. The van der Waals surface area contributed by atoms with E-state index in [2.05, 4.69) is 15.3 Å². The fourth-order valence-electron chi connectivity index (χ4n) is 3.10. The number of hydrogen-bond acceptors (Lipinski definition) is 5. The van der Waals surface area contributed by atoms with Gasteiger partial charge in [0.1, 0.15) is 5.56 Å². The second-order valence-electron chi connectivity index (χ2n) is 6.57. The van der Waals surface area contributed by atoms with Crippen molar-refractivity contribution in [3.05, 3.63) is 89.1 Å². The second kappa shape index (κ2) is 7.54. The minimum Gasteiger partial charge on any atom is -0.328 e. The Labute approximate surface area is 171 Å². The molecule has 2 aromatic heterocycles. The monoisotopic (exact) mass is 420 g/mol. The summed E-state index contributed by atoms with van der Waals surface area (Å²) in [6.45, 7) is 0. The molecule has 0 radical (unpaired) electrons. The number of benzene rings is 2. The van der Waals surface area contributed by atoms with Crippen LogP contribution in [0, 0.1) is 0 Å². The van der Waals surface area contributed by atoms with Crippen LogP contribution in [-0.4, -0.2) is 24.3 Å². The minimum absolute atomic E-state index is 0.124. The molecule has 4 N–H and O–H groups in total. The van der Waals surface area contributed by atoms with Gasteiger partial charge in [0.15, 0.2) is 0 Å². The van der Waals surface area contributed by atoms with Crippen LogP contribution in [0.15, 0.2) is 82.9 Å². The van der Waals surface area contributed by atoms with E-state index < -0.39 is 21.5 Å². The number of H-pyrrole nitrogens is 1. The molecule has 0 bridgehead atoms. The van der Waals surface area contributed by atoms with Gasteiger partial charge in [0.25, 0.3) is 11.5 Å². The van der Waals surface area contributed by atoms with Crippen LogP contribution >= 0.6 is 0 Å². The quantitative estimate of drug-likeness (QED) is 0.466. The number of primary sulfonamides is 1. The minimum atomic E-state index is -3.92. The molecule has 0 saturated carbocycles. The highest BCUT2D eigenvalue weighted by Gasteiger charge is 2.15. The zero-order valence-electron chi connectivity index (χ0n) is 15.5. The van der Waals surface area contributed by atoms with Gasteiger partial charge in [-0.1, -0.05) is 30.3 Å². The van der Waals surface area contributed by atoms with Crippen LogP contribution in [0.1, 0.15) is 10.4 Å². The van der Waals surface area contributed by atoms with Gasteiger partial charge in [0.05, 0.1) is 4.90 Å². The SMILES string of the molecule is NS(=O)(=O)c1cccc(NC(=O)c2cc(-c3cncc4ccccc34)c[nH]c2=O)c1. The maximum absolute atomic E-state index is 12.7. The van der Waals surface area contributed by atoms with Gasteiger partial charge in [-0.25, -0.2) is 13.6 Å². The smallest absolute Gasteiger partial charge is 0.261 e. The van der Waals surface area contributed by atoms with E-state index in [1.165, 1.54) is 36.5 Å². The average molecular weight is 420 g/mol. The standard InChI is InChI=1S/C21H16N4O4S/c22-30(28,29)16-6-3-5-15(9-16)25-21(27)18-8-14(11-24-20(18)26)19-12-23-10-13-4-1-2-7-17(13)19/h1-12H,(H,24,26)(H,25,27)(H2,22,28,29). The number of aromatic nitrogens is 2. The average Bonchev–Trinajstić information content (AvgIpc) is 2.73. The Hall–Kier alpha value is -3.82. The summed E-state index contributed by atoms with van der Waals surface area (Å²) >= 11 is 0. The van der Waals surface area contributed by atoms with E-state index in [1.54, 1.807) is 12.4 Å². The number of nitrogens with two attached hydrogens (primary N) is 1. The summed E-state index contributed by atoms with van der Waals surface area (Å²) in [7, 11) is -3.92. The van der Waals surface area contributed by atoms with Crippen molar-refractivity contribution in [2.75, 3.05) is 5.32 Å². The van der Waals surface area contributed by atoms with Crippen molar-refractivity contribution in [1.82, 2.24) is 9.97 Å². The highest BCUT2D eigenvalue weighted by Crippen LogP contribution is 2.27. The Morgan fingerprint density at radius 2 is 1.83 bits per heavy atom. The van der Waals surface area contributed by atoms with Crippen LogP contribution in [0.25, 0.3) is 21.9 Å². The van der Waals surface area contributed by atoms with Crippen molar-refractivity contribution >= 4 is 32.4 Å². The second-order valence-corrected chi connectivity index (χ2v) is 8.13. The lowest BCUT2D eigenvalue weighted by atomic mass is 10.0. The number of sulfonamides is 1. The fraction of sp³-hybridized carbons (Fsp3) is 0. The molecule has 2 heterocycles. The van der Waals surface area contributed by atoms with E-state index in [-0.39, 0.29) is 16.1 Å². The van der Waals surface area contributed by atoms with Crippen molar-refractivity contribution in [2.24, 2.45) is 5.14 Å². The molecule has 4 rings (SSSR count). The lowest BCUT2D eigenvalue weighted by Gasteiger charge is -2.09. The molecule has 150 valence electrons. The van der Waals surface area contributed by atoms with E-state index in [4.69, 9.17) is 5.14 Å². The number of nitrogens with one attached hydrogen (secondary N) is 2. The first-order valence-electron chi connectivity index (χ1n) is 8.83. The van der Waals surface area contributed by atoms with Crippen LogP contribution in [0.3, 0.4) is 0 Å². The van der Waals surface area contributed by atoms with Gasteiger partial charge in [-0.3, -0.25) is 14.6 Å². The summed E-state index contributed by atoms with van der Waals surface area (Å²) in [5.74, 6) is -0.683. The Kier molecular flexibility index (Phi) is 4.90. The van der Waals surface area contributed by atoms with E-state index in [1.807, 2.05) is 24.3 Å². The van der Waals surface area contributed by atoms with E-state index in [0.29, 0.717) is 5.56 Å². The van der Waals surface area contributed by atoms with Gasteiger partial charge in [0, 0.05) is 40.8 Å². The van der Waals surface area contributed by atoms with Gasteiger partial charge in [0.2, 0.25) is 10.0 Å². The molecule has 4 aromatic rings. The molecule has 2 aromatic carbocycles. The third kappa shape index (κ3) is 3.84. The molecule has 0 saturated heterocycles. The number of carbonyl (C=O) groups is 1. The van der Waals surface area contributed by atoms with Gasteiger partial charge in [-0.2, -0.15) is 0 Å². The molecule has 0 aliphatic carbocycles. The highest BCUT2D eigenvalue weighted by atomic mass is 32.2. The molecule has 8 nitrogen and oxygen atoms in total. The van der Waals surface area contributed by atoms with E-state index in [0.717, 1.165) is 16.3 Å². The maximum atomic E-state index is 12.7. The van der Waals surface area contributed by atoms with Gasteiger partial charge < -0.3 is 10.3 Å². The first kappa shape index (κ1) is 19.5. The molecule has 0 spiro atoms. The molecule has 30 heavy (non-hydrogen) atoms. The number of fused-ring (bicyclic) bond motifs is 1. The number of hydrogen-bond donors (Lipinski definition) is 3. The molecule has 0 aliphatic heterocycles. The maximum Gasteiger partial charge on any atom is 0.261 e. The molecule has 0 fully saturated rings. The number of carbonyl (C=O) groups excluding carboxylic acids is 1. The summed E-state index contributed by atoms with van der Waals surface area (Å²) < 4.78 is 23.0. The van der Waals surface area contributed by atoms with Crippen molar-refractivity contribution < 1.29 is 13.2 Å². The summed E-state index contributed by atoms with van der Waals surface area (Å²) in [5.41, 5.74) is 0.869. The van der Waals surface area contributed by atoms with Crippen molar-refractivity contribution in [1.29, 1.82) is 0 Å². The predicted molar refractivity (Wildman–Crippen MR) is 114 cm³/mol. The molecule has 1 amide bonds. The van der Waals surface area contributed by atoms with Crippen molar-refractivity contribution in [3.8, 4) is 11.1 Å². The highest BCUT2D eigenvalue weighted by molar-refractivity contribution is 7.89. The van der Waals surface area contributed by atoms with Crippen LogP contribution in [0.5, 0.6) is 0 Å². The van der Waals surface area contributed by atoms with Crippen molar-refractivity contribution in [2.45, 2.75) is 4.90 Å². The Morgan fingerprint density at radius 3 is 2.63 bits per heavy atom. The number of nitrogens with zero attached hydrogens (tertiary/aromatic N) is 1. The summed E-state index contributed by atoms with van der Waals surface area (Å²) in [6, 6.07) is 14.6. The van der Waals surface area contributed by atoms with Crippen LogP contribution in [0.2, 0.25) is 0 Å². The first-order chi connectivity index (χ1) is 14.3. The number of amides is 1. The van der Waals surface area contributed by atoms with Gasteiger partial charge >= 0.3 is 0 Å². The van der Waals surface area contributed by atoms with Crippen LogP contribution in [-0.2, 0) is 10.0 Å². The lowest BCUT2D eigenvalue weighted by Crippen LogP contribution is -2.23. The Morgan fingerprint density at radius 1 is 1.03 bits per heavy atom. The normalized spacial score (nSPS) is 11.4. The topological polar surface area (TPSA) is 135 Å². The van der Waals surface area contributed by atoms with E-state index >= 15 is 0 Å². The largest absolute Gasteiger partial charge is 0.328 e. The Bertz CT molecular complexity index is 1440. The van der Waals surface area contributed by atoms with Crippen LogP contribution < -0.4 is 16.0 Å². The summed E-state index contributed by atoms with van der Waals surface area (Å²) in [6.07, 6.45) is 4.91. The molecule has 0 aliphatic rings. The van der Waals surface area contributed by atoms with Crippen molar-refractivity contribution in [3.63, 3.8) is 0 Å². The van der Waals surface area contributed by atoms with Gasteiger partial charge in [-0.05, 0) is 29.7 Å². The fourth-order valence-corrected chi connectivity index (χ4v) is 3.66. The van der Waals surface area contributed by atoms with Crippen LogP contribution in [0.4, 0.5) is 5.69 Å². The zero-order chi connectivity index (χ0) is 21.3. The van der Waals surface area contributed by atoms with E-state index in [9.17, 15) is 18.0 Å². The number of rotatable bonds is 4. The molecular weight excluding hydrogens is 404 g/mol.